The molecule has 1 aliphatic heterocycles. The lowest BCUT2D eigenvalue weighted by atomic mass is 9.85. The highest BCUT2D eigenvalue weighted by atomic mass is 16.5. The predicted molar refractivity (Wildman–Crippen MR) is 119 cm³/mol. The molecule has 3 aliphatic rings. The molecule has 6 rings (SSSR count). The molecule has 1 saturated carbocycles. The number of allylic oxidation sites excluding steroid dienone is 2. The fraction of sp³-hybridized carbons (Fsp3) is 0.185. The summed E-state index contributed by atoms with van der Waals surface area (Å²) < 4.78 is 6.16. The van der Waals surface area contributed by atoms with Gasteiger partial charge in [0, 0.05) is 5.56 Å². The van der Waals surface area contributed by atoms with Gasteiger partial charge in [-0.1, -0.05) is 60.7 Å². The van der Waals surface area contributed by atoms with E-state index in [9.17, 15) is 9.59 Å². The van der Waals surface area contributed by atoms with Crippen LogP contribution in [0.1, 0.15) is 6.42 Å². The highest BCUT2D eigenvalue weighted by Crippen LogP contribution is 2.53. The minimum atomic E-state index is -0.184. The number of fused-ring (bicyclic) bond motifs is 5. The smallest absolute Gasteiger partial charge is 0.238 e. The second kappa shape index (κ2) is 6.95. The van der Waals surface area contributed by atoms with Gasteiger partial charge in [-0.2, -0.15) is 0 Å². The molecule has 0 spiro atoms. The molecule has 0 radical (unpaired) electrons. The lowest BCUT2D eigenvalue weighted by Gasteiger charge is -2.18. The fourth-order valence-corrected chi connectivity index (χ4v) is 5.36. The molecule has 1 heterocycles. The van der Waals surface area contributed by atoms with E-state index in [1.165, 1.54) is 4.90 Å². The van der Waals surface area contributed by atoms with Crippen LogP contribution < -0.4 is 9.64 Å². The molecule has 152 valence electrons. The average Bonchev–Trinajstić information content (AvgIpc) is 3.49. The molecule has 3 aromatic rings. The zero-order chi connectivity index (χ0) is 20.9. The minimum Gasteiger partial charge on any atom is -0.457 e. The van der Waals surface area contributed by atoms with E-state index in [4.69, 9.17) is 4.74 Å². The van der Waals surface area contributed by atoms with Gasteiger partial charge in [-0.15, -0.1) is 0 Å². The van der Waals surface area contributed by atoms with Crippen molar-refractivity contribution in [3.05, 3.63) is 91.0 Å². The van der Waals surface area contributed by atoms with Crippen molar-refractivity contribution in [3.8, 4) is 22.6 Å². The van der Waals surface area contributed by atoms with Gasteiger partial charge in [0.05, 0.1) is 17.5 Å². The third-order valence-electron chi connectivity index (χ3n) is 6.76. The van der Waals surface area contributed by atoms with Crippen molar-refractivity contribution < 1.29 is 14.3 Å². The third kappa shape index (κ3) is 2.82. The van der Waals surface area contributed by atoms with Gasteiger partial charge in [0.1, 0.15) is 11.5 Å². The van der Waals surface area contributed by atoms with Gasteiger partial charge in [-0.25, -0.2) is 0 Å². The number of imide groups is 1. The van der Waals surface area contributed by atoms with E-state index >= 15 is 0 Å². The predicted octanol–water partition coefficient (Wildman–Crippen LogP) is 5.46. The summed E-state index contributed by atoms with van der Waals surface area (Å²) in [5, 5.41) is 0. The lowest BCUT2D eigenvalue weighted by Crippen LogP contribution is -2.32. The number of carbonyl (C=O) groups is 2. The summed E-state index contributed by atoms with van der Waals surface area (Å²) in [6.45, 7) is 0. The molecule has 4 atom stereocenters. The number of hydrogen-bond acceptors (Lipinski definition) is 3. The van der Waals surface area contributed by atoms with E-state index in [1.807, 2.05) is 54.6 Å². The lowest BCUT2D eigenvalue weighted by molar-refractivity contribution is -0.123. The number of amides is 2. The molecule has 0 unspecified atom stereocenters. The molecule has 0 N–H and O–H groups in total. The van der Waals surface area contributed by atoms with Gasteiger partial charge < -0.3 is 4.74 Å². The van der Waals surface area contributed by atoms with E-state index < -0.39 is 0 Å². The van der Waals surface area contributed by atoms with Crippen LogP contribution in [0.3, 0.4) is 0 Å². The minimum absolute atomic E-state index is 0.0602. The van der Waals surface area contributed by atoms with Gasteiger partial charge in [0.25, 0.3) is 0 Å². The quantitative estimate of drug-likeness (QED) is 0.426. The Balaban J connectivity index is 1.25. The van der Waals surface area contributed by atoms with Crippen LogP contribution in [0.4, 0.5) is 5.69 Å². The zero-order valence-corrected chi connectivity index (χ0v) is 16.8. The van der Waals surface area contributed by atoms with Crippen LogP contribution in [-0.4, -0.2) is 11.8 Å². The van der Waals surface area contributed by atoms with E-state index in [2.05, 4.69) is 24.3 Å². The van der Waals surface area contributed by atoms with E-state index in [1.54, 1.807) is 12.1 Å². The number of hydrogen-bond donors (Lipinski definition) is 0. The molecule has 0 aromatic heterocycles. The second-order valence-electron chi connectivity index (χ2n) is 8.47. The Morgan fingerprint density at radius 2 is 1.32 bits per heavy atom. The summed E-state index contributed by atoms with van der Waals surface area (Å²) in [6.07, 6.45) is 5.16. The fourth-order valence-electron chi connectivity index (χ4n) is 5.36. The molecule has 2 aliphatic carbocycles. The van der Waals surface area contributed by atoms with Crippen LogP contribution in [0.5, 0.6) is 11.5 Å². The summed E-state index contributed by atoms with van der Waals surface area (Å²) in [4.78, 5) is 27.4. The van der Waals surface area contributed by atoms with Gasteiger partial charge in [0.15, 0.2) is 0 Å². The number of benzene rings is 3. The van der Waals surface area contributed by atoms with Crippen LogP contribution in [0, 0.1) is 23.7 Å². The van der Waals surface area contributed by atoms with Crippen LogP contribution >= 0.6 is 0 Å². The first-order valence-electron chi connectivity index (χ1n) is 10.7. The SMILES string of the molecule is O=C1[C@@H]2[C@@H](C(=O)N1c1ccc(Oc3ccccc3-c3ccccc3)cc1)[C@H]1C=C[C@H]2C1. The van der Waals surface area contributed by atoms with Crippen molar-refractivity contribution in [2.45, 2.75) is 6.42 Å². The van der Waals surface area contributed by atoms with Gasteiger partial charge >= 0.3 is 0 Å². The number of carbonyl (C=O) groups excluding carboxylic acids is 2. The standard InChI is InChI=1S/C27H21NO3/c29-26-24-18-10-11-19(16-18)25(24)27(30)28(26)20-12-14-21(15-13-20)31-23-9-5-4-8-22(23)17-6-2-1-3-7-17/h1-15,18-19,24-25H,16H2/t18-,19-,24-,25-/m0/s1. The monoisotopic (exact) mass is 407 g/mol. The Bertz CT molecular complexity index is 1170. The zero-order valence-electron chi connectivity index (χ0n) is 16.8. The molecule has 3 aromatic carbocycles. The number of ether oxygens (including phenoxy) is 1. The van der Waals surface area contributed by atoms with E-state index in [-0.39, 0.29) is 35.5 Å². The van der Waals surface area contributed by atoms with Crippen molar-refractivity contribution in [1.82, 2.24) is 0 Å². The van der Waals surface area contributed by atoms with Crippen molar-refractivity contribution in [3.63, 3.8) is 0 Å². The average molecular weight is 407 g/mol. The Kier molecular flexibility index (Phi) is 4.06. The summed E-state index contributed by atoms with van der Waals surface area (Å²) in [6, 6.07) is 25.2. The molecule has 2 fully saturated rings. The number of rotatable bonds is 4. The Morgan fingerprint density at radius 3 is 2.00 bits per heavy atom. The maximum atomic E-state index is 13.0. The maximum absolute atomic E-state index is 13.0. The van der Waals surface area contributed by atoms with Crippen LogP contribution in [-0.2, 0) is 9.59 Å². The summed E-state index contributed by atoms with van der Waals surface area (Å²) in [5.74, 6) is 1.36. The summed E-state index contributed by atoms with van der Waals surface area (Å²) in [5.41, 5.74) is 2.71. The molecule has 2 bridgehead atoms. The molecular formula is C27H21NO3. The highest BCUT2D eigenvalue weighted by molar-refractivity contribution is 6.22. The molecule has 4 nitrogen and oxygen atoms in total. The van der Waals surface area contributed by atoms with Crippen molar-refractivity contribution in [2.24, 2.45) is 23.7 Å². The third-order valence-corrected chi connectivity index (χ3v) is 6.76. The number of para-hydroxylation sites is 1. The first kappa shape index (κ1) is 18.1. The van der Waals surface area contributed by atoms with Gasteiger partial charge in [-0.3, -0.25) is 14.5 Å². The maximum Gasteiger partial charge on any atom is 0.238 e. The van der Waals surface area contributed by atoms with E-state index in [0.29, 0.717) is 11.4 Å². The number of nitrogens with zero attached hydrogens (tertiary/aromatic N) is 1. The van der Waals surface area contributed by atoms with Crippen LogP contribution in [0.2, 0.25) is 0 Å². The Morgan fingerprint density at radius 1 is 0.710 bits per heavy atom. The van der Waals surface area contributed by atoms with Crippen molar-refractivity contribution in [2.75, 3.05) is 4.90 Å². The Labute approximate surface area is 180 Å². The van der Waals surface area contributed by atoms with Crippen molar-refractivity contribution >= 4 is 17.5 Å². The normalized spacial score (nSPS) is 25.9. The summed E-state index contributed by atoms with van der Waals surface area (Å²) >= 11 is 0. The molecule has 1 saturated heterocycles. The van der Waals surface area contributed by atoms with E-state index in [0.717, 1.165) is 23.3 Å². The first-order chi connectivity index (χ1) is 15.2. The topological polar surface area (TPSA) is 46.6 Å². The molecule has 2 amide bonds. The van der Waals surface area contributed by atoms with Crippen molar-refractivity contribution in [1.29, 1.82) is 0 Å². The molecule has 31 heavy (non-hydrogen) atoms. The highest BCUT2D eigenvalue weighted by Gasteiger charge is 2.59. The largest absolute Gasteiger partial charge is 0.457 e. The number of anilines is 1. The first-order valence-corrected chi connectivity index (χ1v) is 10.7. The molecule has 4 heteroatoms. The Hall–Kier alpha value is -3.66. The van der Waals surface area contributed by atoms with Crippen LogP contribution in [0.15, 0.2) is 91.0 Å². The molecular weight excluding hydrogens is 386 g/mol. The second-order valence-corrected chi connectivity index (χ2v) is 8.47. The van der Waals surface area contributed by atoms with Gasteiger partial charge in [-0.05, 0) is 54.2 Å². The van der Waals surface area contributed by atoms with Gasteiger partial charge in [0.2, 0.25) is 11.8 Å². The van der Waals surface area contributed by atoms with Crippen LogP contribution in [0.25, 0.3) is 11.1 Å². The summed E-state index contributed by atoms with van der Waals surface area (Å²) in [7, 11) is 0.